The highest BCUT2D eigenvalue weighted by Gasteiger charge is 2.02. The van der Waals surface area contributed by atoms with Crippen molar-refractivity contribution in [3.63, 3.8) is 0 Å². The van der Waals surface area contributed by atoms with Crippen LogP contribution in [0.2, 0.25) is 0 Å². The molecule has 0 radical (unpaired) electrons. The summed E-state index contributed by atoms with van der Waals surface area (Å²) in [6, 6.07) is 5.89. The summed E-state index contributed by atoms with van der Waals surface area (Å²) in [4.78, 5) is 0. The zero-order valence-corrected chi connectivity index (χ0v) is 10.8. The molecule has 0 aliphatic carbocycles. The van der Waals surface area contributed by atoms with Crippen molar-refractivity contribution < 1.29 is 4.74 Å². The van der Waals surface area contributed by atoms with E-state index < -0.39 is 0 Å². The molecule has 0 aromatic heterocycles. The van der Waals surface area contributed by atoms with Gasteiger partial charge in [-0.2, -0.15) is 0 Å². The molecule has 0 spiro atoms. The van der Waals surface area contributed by atoms with Crippen LogP contribution in [0.15, 0.2) is 22.7 Å². The number of halogens is 2. The Labute approximate surface area is 105 Å². The van der Waals surface area contributed by atoms with Crippen LogP contribution in [0.3, 0.4) is 0 Å². The van der Waals surface area contributed by atoms with E-state index in [1.807, 2.05) is 18.2 Å². The van der Waals surface area contributed by atoms with Crippen molar-refractivity contribution in [2.75, 3.05) is 13.7 Å². The van der Waals surface area contributed by atoms with E-state index in [0.29, 0.717) is 13.1 Å². The van der Waals surface area contributed by atoms with Gasteiger partial charge in [0.2, 0.25) is 0 Å². The summed E-state index contributed by atoms with van der Waals surface area (Å²) in [5.74, 6) is 3.40. The molecule has 0 amide bonds. The predicted molar refractivity (Wildman–Crippen MR) is 68.5 cm³/mol. The zero-order valence-electron chi connectivity index (χ0n) is 8.42. The number of hydrogen-bond acceptors (Lipinski definition) is 2. The molecule has 0 unspecified atom stereocenters. The number of benzene rings is 1. The lowest BCUT2D eigenvalue weighted by molar-refractivity contribution is 0.408. The summed E-state index contributed by atoms with van der Waals surface area (Å²) in [5.41, 5.74) is 1.09. The van der Waals surface area contributed by atoms with Crippen molar-refractivity contribution in [2.45, 2.75) is 6.54 Å². The van der Waals surface area contributed by atoms with Crippen LogP contribution >= 0.6 is 28.3 Å². The molecule has 2 nitrogen and oxygen atoms in total. The Kier molecular flexibility index (Phi) is 7.23. The first-order valence-electron chi connectivity index (χ1n) is 4.24. The van der Waals surface area contributed by atoms with Crippen LogP contribution in [-0.2, 0) is 6.54 Å². The Bertz CT molecular complexity index is 349. The summed E-state index contributed by atoms with van der Waals surface area (Å²) in [6.45, 7) is 1.28. The minimum Gasteiger partial charge on any atom is -0.496 e. The van der Waals surface area contributed by atoms with Crippen LogP contribution in [0, 0.1) is 12.3 Å². The van der Waals surface area contributed by atoms with E-state index in [-0.39, 0.29) is 12.4 Å². The lowest BCUT2D eigenvalue weighted by Gasteiger charge is -2.08. The van der Waals surface area contributed by atoms with Gasteiger partial charge >= 0.3 is 0 Å². The lowest BCUT2D eigenvalue weighted by atomic mass is 10.2. The van der Waals surface area contributed by atoms with Gasteiger partial charge in [0.05, 0.1) is 13.7 Å². The van der Waals surface area contributed by atoms with Crippen molar-refractivity contribution >= 4 is 28.3 Å². The summed E-state index contributed by atoms with van der Waals surface area (Å²) < 4.78 is 6.26. The van der Waals surface area contributed by atoms with Crippen LogP contribution in [0.4, 0.5) is 0 Å². The van der Waals surface area contributed by atoms with Crippen LogP contribution in [0.5, 0.6) is 5.75 Å². The highest BCUT2D eigenvalue weighted by atomic mass is 79.9. The topological polar surface area (TPSA) is 21.3 Å². The van der Waals surface area contributed by atoms with Gasteiger partial charge in [0.25, 0.3) is 0 Å². The smallest absolute Gasteiger partial charge is 0.123 e. The Morgan fingerprint density at radius 2 is 2.27 bits per heavy atom. The number of rotatable bonds is 4. The molecule has 1 aromatic carbocycles. The first kappa shape index (κ1) is 14.3. The Morgan fingerprint density at radius 3 is 2.87 bits per heavy atom. The fraction of sp³-hybridized carbons (Fsp3) is 0.273. The van der Waals surface area contributed by atoms with Gasteiger partial charge in [-0.1, -0.05) is 21.9 Å². The summed E-state index contributed by atoms with van der Waals surface area (Å²) in [6.07, 6.45) is 5.14. The number of nitrogens with one attached hydrogen (secondary N) is 1. The zero-order chi connectivity index (χ0) is 10.4. The van der Waals surface area contributed by atoms with Gasteiger partial charge in [-0.3, -0.25) is 0 Å². The van der Waals surface area contributed by atoms with E-state index in [4.69, 9.17) is 11.2 Å². The molecule has 0 aliphatic rings. The highest BCUT2D eigenvalue weighted by molar-refractivity contribution is 9.10. The van der Waals surface area contributed by atoms with E-state index in [0.717, 1.165) is 15.8 Å². The van der Waals surface area contributed by atoms with Crippen LogP contribution in [-0.4, -0.2) is 13.7 Å². The van der Waals surface area contributed by atoms with E-state index in [1.165, 1.54) is 0 Å². The molecule has 0 fully saturated rings. The van der Waals surface area contributed by atoms with Crippen LogP contribution in [0.1, 0.15) is 5.56 Å². The maximum Gasteiger partial charge on any atom is 0.123 e. The summed E-state index contributed by atoms with van der Waals surface area (Å²) in [7, 11) is 1.66. The summed E-state index contributed by atoms with van der Waals surface area (Å²) in [5, 5.41) is 3.12. The van der Waals surface area contributed by atoms with Gasteiger partial charge in [-0.15, -0.1) is 18.8 Å². The third kappa shape index (κ3) is 4.57. The van der Waals surface area contributed by atoms with Crippen LogP contribution in [0.25, 0.3) is 0 Å². The van der Waals surface area contributed by atoms with Gasteiger partial charge < -0.3 is 10.1 Å². The normalized spacial score (nSPS) is 8.87. The van der Waals surface area contributed by atoms with Gasteiger partial charge in [-0.25, -0.2) is 0 Å². The molecule has 1 aromatic rings. The highest BCUT2D eigenvalue weighted by Crippen LogP contribution is 2.22. The SMILES string of the molecule is C#CCNCc1cc(Br)ccc1OC.Cl. The lowest BCUT2D eigenvalue weighted by Crippen LogP contribution is -2.13. The van der Waals surface area contributed by atoms with E-state index >= 15 is 0 Å². The Morgan fingerprint density at radius 1 is 1.53 bits per heavy atom. The molecule has 0 atom stereocenters. The van der Waals surface area contributed by atoms with Gasteiger partial charge in [0.1, 0.15) is 5.75 Å². The van der Waals surface area contributed by atoms with E-state index in [2.05, 4.69) is 27.2 Å². The van der Waals surface area contributed by atoms with Gasteiger partial charge in [0, 0.05) is 16.6 Å². The number of methoxy groups -OCH3 is 1. The van der Waals surface area contributed by atoms with Crippen molar-refractivity contribution in [1.29, 1.82) is 0 Å². The molecule has 1 N–H and O–H groups in total. The third-order valence-corrected chi connectivity index (χ3v) is 2.28. The molecule has 15 heavy (non-hydrogen) atoms. The third-order valence-electron chi connectivity index (χ3n) is 1.78. The van der Waals surface area contributed by atoms with Crippen LogP contribution < -0.4 is 10.1 Å². The molecule has 82 valence electrons. The molecule has 0 aliphatic heterocycles. The average molecular weight is 291 g/mol. The molecular weight excluding hydrogens is 277 g/mol. The monoisotopic (exact) mass is 289 g/mol. The minimum absolute atomic E-state index is 0. The molecule has 0 bridgehead atoms. The fourth-order valence-electron chi connectivity index (χ4n) is 1.15. The second kappa shape index (κ2) is 7.58. The van der Waals surface area contributed by atoms with Crippen molar-refractivity contribution in [3.05, 3.63) is 28.2 Å². The number of terminal acetylenes is 1. The Balaban J connectivity index is 0.00000196. The second-order valence-electron chi connectivity index (χ2n) is 2.76. The first-order chi connectivity index (χ1) is 6.77. The standard InChI is InChI=1S/C11H12BrNO.ClH/c1-3-6-13-8-9-7-10(12)4-5-11(9)14-2;/h1,4-5,7,13H,6,8H2,2H3;1H. The van der Waals surface area contributed by atoms with Gasteiger partial charge in [-0.05, 0) is 18.2 Å². The van der Waals surface area contributed by atoms with E-state index in [1.54, 1.807) is 7.11 Å². The van der Waals surface area contributed by atoms with Crippen molar-refractivity contribution in [2.24, 2.45) is 0 Å². The molecule has 0 heterocycles. The molecule has 1 rings (SSSR count). The number of hydrogen-bond donors (Lipinski definition) is 1. The minimum atomic E-state index is 0. The predicted octanol–water partition coefficient (Wildman–Crippen LogP) is 2.60. The van der Waals surface area contributed by atoms with E-state index in [9.17, 15) is 0 Å². The maximum atomic E-state index is 5.22. The molecule has 0 saturated heterocycles. The molecular formula is C11H13BrClNO. The largest absolute Gasteiger partial charge is 0.496 e. The Hall–Kier alpha value is -0.690. The quantitative estimate of drug-likeness (QED) is 0.680. The molecule has 4 heteroatoms. The second-order valence-corrected chi connectivity index (χ2v) is 3.68. The fourth-order valence-corrected chi connectivity index (χ4v) is 1.56. The van der Waals surface area contributed by atoms with Crippen molar-refractivity contribution in [3.8, 4) is 18.1 Å². The number of ether oxygens (including phenoxy) is 1. The van der Waals surface area contributed by atoms with Crippen molar-refractivity contribution in [1.82, 2.24) is 5.32 Å². The maximum absolute atomic E-state index is 5.22. The summed E-state index contributed by atoms with van der Waals surface area (Å²) >= 11 is 3.41. The average Bonchev–Trinajstić information content (AvgIpc) is 2.19. The first-order valence-corrected chi connectivity index (χ1v) is 5.04. The van der Waals surface area contributed by atoms with Gasteiger partial charge in [0.15, 0.2) is 0 Å². The molecule has 0 saturated carbocycles.